The fourth-order valence-electron chi connectivity index (χ4n) is 2.42. The van der Waals surface area contributed by atoms with Crippen LogP contribution < -0.4 is 10.6 Å². The van der Waals surface area contributed by atoms with E-state index >= 15 is 0 Å². The van der Waals surface area contributed by atoms with E-state index in [1.54, 1.807) is 12.1 Å². The van der Waals surface area contributed by atoms with Crippen LogP contribution in [0.15, 0.2) is 29.6 Å². The third kappa shape index (κ3) is 4.13. The number of thiazole rings is 1. The lowest BCUT2D eigenvalue weighted by molar-refractivity contribution is -0.125. The Morgan fingerprint density at radius 3 is 2.87 bits per heavy atom. The average Bonchev–Trinajstić information content (AvgIpc) is 2.98. The second kappa shape index (κ2) is 6.87. The largest absolute Gasteiger partial charge is 0.354 e. The molecule has 0 bridgehead atoms. The third-order valence-corrected chi connectivity index (χ3v) is 4.48. The summed E-state index contributed by atoms with van der Waals surface area (Å²) in [7, 11) is 0. The van der Waals surface area contributed by atoms with Gasteiger partial charge in [-0.05, 0) is 30.7 Å². The Balaban J connectivity index is 1.57. The van der Waals surface area contributed by atoms with Crippen molar-refractivity contribution in [2.45, 2.75) is 25.3 Å². The molecule has 1 saturated heterocycles. The lowest BCUT2D eigenvalue weighted by Crippen LogP contribution is -2.48. The Kier molecular flexibility index (Phi) is 4.66. The van der Waals surface area contributed by atoms with Crippen molar-refractivity contribution in [1.82, 2.24) is 15.6 Å². The van der Waals surface area contributed by atoms with E-state index in [0.717, 1.165) is 11.3 Å². The Labute approximate surface area is 136 Å². The molecule has 1 unspecified atom stereocenters. The predicted molar refractivity (Wildman–Crippen MR) is 85.4 cm³/mol. The van der Waals surface area contributed by atoms with Gasteiger partial charge in [0, 0.05) is 30.0 Å². The van der Waals surface area contributed by atoms with Gasteiger partial charge in [0.1, 0.15) is 10.8 Å². The number of hydrogen-bond acceptors (Lipinski definition) is 4. The number of nitrogens with zero attached hydrogens (tertiary/aromatic N) is 1. The molecule has 1 fully saturated rings. The van der Waals surface area contributed by atoms with Crippen molar-refractivity contribution >= 4 is 23.2 Å². The van der Waals surface area contributed by atoms with Gasteiger partial charge in [0.15, 0.2) is 0 Å². The minimum atomic E-state index is -0.289. The first-order valence-electron chi connectivity index (χ1n) is 7.36. The first kappa shape index (κ1) is 15.6. The molecule has 0 aliphatic carbocycles. The van der Waals surface area contributed by atoms with E-state index in [1.807, 2.05) is 5.38 Å². The van der Waals surface area contributed by atoms with E-state index in [-0.39, 0.29) is 30.1 Å². The lowest BCUT2D eigenvalue weighted by Gasteiger charge is -2.23. The summed E-state index contributed by atoms with van der Waals surface area (Å²) >= 11 is 1.40. The van der Waals surface area contributed by atoms with Crippen LogP contribution in [0.25, 0.3) is 11.3 Å². The third-order valence-electron chi connectivity index (χ3n) is 3.63. The fraction of sp³-hybridized carbons (Fsp3) is 0.312. The van der Waals surface area contributed by atoms with Gasteiger partial charge in [-0.2, -0.15) is 0 Å². The molecule has 120 valence electrons. The minimum absolute atomic E-state index is 0.0169. The van der Waals surface area contributed by atoms with Gasteiger partial charge in [-0.1, -0.05) is 0 Å². The van der Waals surface area contributed by atoms with Gasteiger partial charge < -0.3 is 10.6 Å². The van der Waals surface area contributed by atoms with Crippen molar-refractivity contribution in [2.24, 2.45) is 0 Å². The van der Waals surface area contributed by atoms with E-state index in [2.05, 4.69) is 15.6 Å². The Bertz CT molecular complexity index is 704. The zero-order chi connectivity index (χ0) is 16.2. The molecular formula is C16H16FN3O2S. The summed E-state index contributed by atoms with van der Waals surface area (Å²) in [6.07, 6.45) is 1.31. The number of hydrogen-bond donors (Lipinski definition) is 2. The number of piperidine rings is 1. The van der Waals surface area contributed by atoms with Gasteiger partial charge in [0.05, 0.1) is 12.1 Å². The topological polar surface area (TPSA) is 71.1 Å². The molecular weight excluding hydrogens is 317 g/mol. The van der Waals surface area contributed by atoms with Gasteiger partial charge in [-0.3, -0.25) is 9.59 Å². The SMILES string of the molecule is O=C1CCC(NC(=O)Cc2nc(-c3ccc(F)cc3)cs2)CN1. The lowest BCUT2D eigenvalue weighted by atomic mass is 10.1. The second-order valence-corrected chi connectivity index (χ2v) is 6.36. The first-order valence-corrected chi connectivity index (χ1v) is 8.24. The van der Waals surface area contributed by atoms with Gasteiger partial charge in [-0.25, -0.2) is 9.37 Å². The smallest absolute Gasteiger partial charge is 0.227 e. The average molecular weight is 333 g/mol. The van der Waals surface area contributed by atoms with Crippen LogP contribution in [0.4, 0.5) is 4.39 Å². The monoisotopic (exact) mass is 333 g/mol. The maximum absolute atomic E-state index is 12.9. The Morgan fingerprint density at radius 2 is 2.17 bits per heavy atom. The highest BCUT2D eigenvalue weighted by Gasteiger charge is 2.20. The normalized spacial score (nSPS) is 17.6. The van der Waals surface area contributed by atoms with E-state index in [1.165, 1.54) is 23.5 Å². The molecule has 1 atom stereocenters. The summed E-state index contributed by atoms with van der Waals surface area (Å²) in [6.45, 7) is 0.475. The molecule has 3 rings (SSSR count). The maximum atomic E-state index is 12.9. The number of halogens is 1. The van der Waals surface area contributed by atoms with E-state index in [4.69, 9.17) is 0 Å². The number of nitrogens with one attached hydrogen (secondary N) is 2. The van der Waals surface area contributed by atoms with Crippen molar-refractivity contribution < 1.29 is 14.0 Å². The molecule has 2 N–H and O–H groups in total. The number of carbonyl (C=O) groups is 2. The minimum Gasteiger partial charge on any atom is -0.354 e. The van der Waals surface area contributed by atoms with Crippen LogP contribution in [0.2, 0.25) is 0 Å². The van der Waals surface area contributed by atoms with Crippen molar-refractivity contribution in [3.8, 4) is 11.3 Å². The highest BCUT2D eigenvalue weighted by Crippen LogP contribution is 2.22. The van der Waals surface area contributed by atoms with Crippen molar-refractivity contribution in [1.29, 1.82) is 0 Å². The number of amides is 2. The standard InChI is InChI=1S/C16H16FN3O2S/c17-11-3-1-10(2-4-11)13-9-23-16(20-13)7-15(22)19-12-5-6-14(21)18-8-12/h1-4,9,12H,5-8H2,(H,18,21)(H,19,22). The zero-order valence-corrected chi connectivity index (χ0v) is 13.2. The first-order chi connectivity index (χ1) is 11.1. The van der Waals surface area contributed by atoms with Gasteiger partial charge >= 0.3 is 0 Å². The summed E-state index contributed by atoms with van der Waals surface area (Å²) in [5.74, 6) is -0.367. The second-order valence-electron chi connectivity index (χ2n) is 5.42. The van der Waals surface area contributed by atoms with Crippen molar-refractivity contribution in [3.63, 3.8) is 0 Å². The van der Waals surface area contributed by atoms with Crippen LogP contribution in [-0.4, -0.2) is 29.4 Å². The van der Waals surface area contributed by atoms with E-state index in [0.29, 0.717) is 24.4 Å². The predicted octanol–water partition coefficient (Wildman–Crippen LogP) is 1.89. The molecule has 1 aliphatic rings. The molecule has 23 heavy (non-hydrogen) atoms. The molecule has 1 aromatic heterocycles. The zero-order valence-electron chi connectivity index (χ0n) is 12.3. The Hall–Kier alpha value is -2.28. The van der Waals surface area contributed by atoms with Crippen molar-refractivity contribution in [3.05, 3.63) is 40.5 Å². The van der Waals surface area contributed by atoms with E-state index < -0.39 is 0 Å². The van der Waals surface area contributed by atoms with Crippen LogP contribution >= 0.6 is 11.3 Å². The van der Waals surface area contributed by atoms with Gasteiger partial charge in [0.25, 0.3) is 0 Å². The highest BCUT2D eigenvalue weighted by molar-refractivity contribution is 7.10. The maximum Gasteiger partial charge on any atom is 0.227 e. The number of aromatic nitrogens is 1. The molecule has 7 heteroatoms. The van der Waals surface area contributed by atoms with Crippen LogP contribution in [0.1, 0.15) is 17.8 Å². The van der Waals surface area contributed by atoms with E-state index in [9.17, 15) is 14.0 Å². The van der Waals surface area contributed by atoms with Crippen LogP contribution in [0.3, 0.4) is 0 Å². The van der Waals surface area contributed by atoms with Gasteiger partial charge in [0.2, 0.25) is 11.8 Å². The Morgan fingerprint density at radius 1 is 1.39 bits per heavy atom. The molecule has 1 aliphatic heterocycles. The van der Waals surface area contributed by atoms with Gasteiger partial charge in [-0.15, -0.1) is 11.3 Å². The van der Waals surface area contributed by atoms with Crippen LogP contribution in [-0.2, 0) is 16.0 Å². The molecule has 1 aromatic carbocycles. The summed E-state index contributed by atoms with van der Waals surface area (Å²) in [4.78, 5) is 27.6. The molecule has 0 radical (unpaired) electrons. The molecule has 5 nitrogen and oxygen atoms in total. The number of rotatable bonds is 4. The van der Waals surface area contributed by atoms with Crippen molar-refractivity contribution in [2.75, 3.05) is 6.54 Å². The number of benzene rings is 1. The van der Waals surface area contributed by atoms with Crippen LogP contribution in [0, 0.1) is 5.82 Å². The summed E-state index contributed by atoms with van der Waals surface area (Å²) in [5, 5.41) is 8.21. The summed E-state index contributed by atoms with van der Waals surface area (Å²) in [5.41, 5.74) is 1.56. The quantitative estimate of drug-likeness (QED) is 0.897. The summed E-state index contributed by atoms with van der Waals surface area (Å²) in [6, 6.07) is 6.09. The molecule has 2 aromatic rings. The molecule has 2 heterocycles. The van der Waals surface area contributed by atoms with Crippen LogP contribution in [0.5, 0.6) is 0 Å². The molecule has 0 spiro atoms. The highest BCUT2D eigenvalue weighted by atomic mass is 32.1. The molecule has 0 saturated carbocycles. The fourth-order valence-corrected chi connectivity index (χ4v) is 3.22. The summed E-state index contributed by atoms with van der Waals surface area (Å²) < 4.78 is 12.9. The molecule has 2 amide bonds. The number of carbonyl (C=O) groups excluding carboxylic acids is 2.